The highest BCUT2D eigenvalue weighted by Crippen LogP contribution is 2.38. The minimum absolute atomic E-state index is 0.00728. The molecular formula is C18H27N5O7S. The van der Waals surface area contributed by atoms with E-state index in [0.29, 0.717) is 17.3 Å². The predicted octanol–water partition coefficient (Wildman–Crippen LogP) is -0.615. The highest BCUT2D eigenvalue weighted by atomic mass is 32.2. The number of rotatable bonds is 7. The van der Waals surface area contributed by atoms with Crippen LogP contribution in [-0.2, 0) is 14.3 Å². The number of carbonyl (C=O) groups excluding carboxylic acids is 1. The summed E-state index contributed by atoms with van der Waals surface area (Å²) in [7, 11) is 0. The van der Waals surface area contributed by atoms with E-state index < -0.39 is 48.1 Å². The third kappa shape index (κ3) is 4.70. The van der Waals surface area contributed by atoms with Gasteiger partial charge in [0.25, 0.3) is 5.56 Å². The van der Waals surface area contributed by atoms with Gasteiger partial charge in [-0.1, -0.05) is 11.8 Å². The second kappa shape index (κ2) is 9.12. The molecule has 3 rings (SSSR count). The maximum absolute atomic E-state index is 12.5. The molecule has 12 nitrogen and oxygen atoms in total. The van der Waals surface area contributed by atoms with Gasteiger partial charge in [0, 0.05) is 12.4 Å². The Morgan fingerprint density at radius 2 is 2.06 bits per heavy atom. The Kier molecular flexibility index (Phi) is 6.91. The number of nitrogens with zero attached hydrogens (tertiary/aromatic N) is 3. The highest BCUT2D eigenvalue weighted by molar-refractivity contribution is 7.99. The van der Waals surface area contributed by atoms with Gasteiger partial charge in [0.1, 0.15) is 12.2 Å². The number of thioether (sulfide) groups is 1. The SMILES string of the molecule is CC(C)(C)C(=O)OC1C(O)[C@@H](CO)O[C@H]1n1c(SCCCO)nc2c(=O)[nH]c(N)nc21. The van der Waals surface area contributed by atoms with Crippen molar-refractivity contribution in [3.05, 3.63) is 10.4 Å². The highest BCUT2D eigenvalue weighted by Gasteiger charge is 2.49. The van der Waals surface area contributed by atoms with Gasteiger partial charge in [0.05, 0.1) is 12.0 Å². The minimum Gasteiger partial charge on any atom is -0.454 e. The van der Waals surface area contributed by atoms with E-state index in [0.717, 1.165) is 0 Å². The van der Waals surface area contributed by atoms with Crippen molar-refractivity contribution in [3.63, 3.8) is 0 Å². The molecule has 1 aliphatic heterocycles. The van der Waals surface area contributed by atoms with E-state index >= 15 is 0 Å². The molecule has 0 aliphatic carbocycles. The van der Waals surface area contributed by atoms with E-state index in [4.69, 9.17) is 20.3 Å². The average Bonchev–Trinajstić information content (AvgIpc) is 3.19. The van der Waals surface area contributed by atoms with Crippen LogP contribution < -0.4 is 11.3 Å². The first-order valence-electron chi connectivity index (χ1n) is 9.75. The van der Waals surface area contributed by atoms with Crippen LogP contribution in [0.1, 0.15) is 33.4 Å². The Morgan fingerprint density at radius 3 is 2.68 bits per heavy atom. The van der Waals surface area contributed by atoms with Crippen molar-refractivity contribution in [3.8, 4) is 0 Å². The minimum atomic E-state index is -1.33. The van der Waals surface area contributed by atoms with Gasteiger partial charge in [0.15, 0.2) is 28.7 Å². The first-order chi connectivity index (χ1) is 14.6. The van der Waals surface area contributed by atoms with Crippen LogP contribution in [0.5, 0.6) is 0 Å². The number of ether oxygens (including phenoxy) is 2. The van der Waals surface area contributed by atoms with Gasteiger partial charge in [-0.25, -0.2) is 4.98 Å². The molecule has 172 valence electrons. The first kappa shape index (κ1) is 23.5. The molecular weight excluding hydrogens is 430 g/mol. The van der Waals surface area contributed by atoms with Crippen LogP contribution in [0.4, 0.5) is 5.95 Å². The van der Waals surface area contributed by atoms with Gasteiger partial charge in [0.2, 0.25) is 5.95 Å². The van der Waals surface area contributed by atoms with E-state index in [9.17, 15) is 19.8 Å². The number of aliphatic hydroxyl groups is 3. The van der Waals surface area contributed by atoms with E-state index in [1.54, 1.807) is 20.8 Å². The monoisotopic (exact) mass is 457 g/mol. The van der Waals surface area contributed by atoms with Crippen LogP contribution in [0.25, 0.3) is 11.2 Å². The van der Waals surface area contributed by atoms with Gasteiger partial charge in [-0.2, -0.15) is 4.98 Å². The molecule has 0 bridgehead atoms. The van der Waals surface area contributed by atoms with Crippen molar-refractivity contribution in [1.82, 2.24) is 19.5 Å². The normalized spacial score (nSPS) is 24.1. The number of hydrogen-bond donors (Lipinski definition) is 5. The summed E-state index contributed by atoms with van der Waals surface area (Å²) in [5.74, 6) is -0.253. The summed E-state index contributed by atoms with van der Waals surface area (Å²) in [6.07, 6.45) is -4.20. The van der Waals surface area contributed by atoms with Crippen molar-refractivity contribution in [1.29, 1.82) is 0 Å². The molecule has 13 heteroatoms. The maximum atomic E-state index is 12.5. The number of hydrogen-bond acceptors (Lipinski definition) is 11. The lowest BCUT2D eigenvalue weighted by molar-refractivity contribution is -0.168. The molecule has 0 amide bonds. The largest absolute Gasteiger partial charge is 0.454 e. The Balaban J connectivity index is 2.12. The summed E-state index contributed by atoms with van der Waals surface area (Å²) in [4.78, 5) is 35.8. The van der Waals surface area contributed by atoms with Crippen LogP contribution >= 0.6 is 11.8 Å². The fourth-order valence-electron chi connectivity index (χ4n) is 3.04. The number of H-pyrrole nitrogens is 1. The number of nitrogens with one attached hydrogen (secondary N) is 1. The van der Waals surface area contributed by atoms with Crippen LogP contribution in [-0.4, -0.2) is 78.1 Å². The third-order valence-electron chi connectivity index (χ3n) is 4.67. The predicted molar refractivity (Wildman–Crippen MR) is 111 cm³/mol. The van der Waals surface area contributed by atoms with Gasteiger partial charge in [-0.3, -0.25) is 19.1 Å². The van der Waals surface area contributed by atoms with Crippen molar-refractivity contribution in [2.24, 2.45) is 5.41 Å². The molecule has 4 atom stereocenters. The number of carbonyl (C=O) groups is 1. The lowest BCUT2D eigenvalue weighted by Gasteiger charge is -2.26. The number of nitrogens with two attached hydrogens (primary N) is 1. The zero-order valence-electron chi connectivity index (χ0n) is 17.4. The summed E-state index contributed by atoms with van der Waals surface area (Å²) >= 11 is 1.23. The van der Waals surface area contributed by atoms with Crippen LogP contribution in [0.2, 0.25) is 0 Å². The molecule has 2 aromatic heterocycles. The third-order valence-corrected chi connectivity index (χ3v) is 5.71. The zero-order valence-corrected chi connectivity index (χ0v) is 18.3. The van der Waals surface area contributed by atoms with Gasteiger partial charge in [-0.15, -0.1) is 0 Å². The fourth-order valence-corrected chi connectivity index (χ4v) is 3.99. The molecule has 0 aromatic carbocycles. The van der Waals surface area contributed by atoms with Crippen molar-refractivity contribution in [2.45, 2.75) is 56.9 Å². The summed E-state index contributed by atoms with van der Waals surface area (Å²) in [6, 6.07) is 0. The number of fused-ring (bicyclic) bond motifs is 1. The second-order valence-corrected chi connectivity index (χ2v) is 9.23. The average molecular weight is 458 g/mol. The van der Waals surface area contributed by atoms with Crippen molar-refractivity contribution >= 4 is 34.8 Å². The van der Waals surface area contributed by atoms with Crippen molar-refractivity contribution < 1.29 is 29.6 Å². The molecule has 1 fully saturated rings. The Labute approximate surface area is 181 Å². The van der Waals surface area contributed by atoms with Crippen molar-refractivity contribution in [2.75, 3.05) is 24.7 Å². The Morgan fingerprint density at radius 1 is 1.35 bits per heavy atom. The molecule has 0 saturated carbocycles. The molecule has 0 radical (unpaired) electrons. The molecule has 1 saturated heterocycles. The van der Waals surface area contributed by atoms with Crippen LogP contribution in [0.15, 0.2) is 9.95 Å². The summed E-state index contributed by atoms with van der Waals surface area (Å²) < 4.78 is 12.8. The Hall–Kier alpha value is -2.19. The smallest absolute Gasteiger partial charge is 0.311 e. The molecule has 2 unspecified atom stereocenters. The standard InChI is InChI=1S/C18H27N5O7S/c1-18(2,3)15(28)30-11-10(26)8(7-25)29-14(11)23-12-9(13(27)22-16(19)21-12)20-17(23)31-6-4-5-24/h8,10-11,14,24-26H,4-7H2,1-3H3,(H3,19,21,22,27)/t8-,10?,11?,14-/m1/s1. The lowest BCUT2D eigenvalue weighted by atomic mass is 9.97. The van der Waals surface area contributed by atoms with E-state index in [-0.39, 0.29) is 23.7 Å². The number of esters is 1. The number of imidazole rings is 1. The molecule has 6 N–H and O–H groups in total. The molecule has 2 aromatic rings. The number of aliphatic hydroxyl groups excluding tert-OH is 3. The summed E-state index contributed by atoms with van der Waals surface area (Å²) in [5.41, 5.74) is 4.38. The van der Waals surface area contributed by atoms with Gasteiger partial charge < -0.3 is 30.5 Å². The molecule has 0 spiro atoms. The van der Waals surface area contributed by atoms with E-state index in [1.807, 2.05) is 0 Å². The lowest BCUT2D eigenvalue weighted by Crippen LogP contribution is -2.39. The molecule has 1 aliphatic rings. The summed E-state index contributed by atoms with van der Waals surface area (Å²) in [5, 5.41) is 29.7. The number of nitrogen functional groups attached to an aromatic ring is 1. The first-order valence-corrected chi connectivity index (χ1v) is 10.7. The van der Waals surface area contributed by atoms with E-state index in [2.05, 4.69) is 15.0 Å². The number of aromatic nitrogens is 4. The van der Waals surface area contributed by atoms with Crippen LogP contribution in [0.3, 0.4) is 0 Å². The Bertz CT molecular complexity index is 1000. The van der Waals surface area contributed by atoms with Crippen LogP contribution in [0, 0.1) is 5.41 Å². The van der Waals surface area contributed by atoms with Gasteiger partial charge in [-0.05, 0) is 27.2 Å². The quantitative estimate of drug-likeness (QED) is 0.203. The van der Waals surface area contributed by atoms with E-state index in [1.165, 1.54) is 16.3 Å². The van der Waals surface area contributed by atoms with Gasteiger partial charge >= 0.3 is 5.97 Å². The number of anilines is 1. The molecule has 3 heterocycles. The fraction of sp³-hybridized carbons (Fsp3) is 0.667. The maximum Gasteiger partial charge on any atom is 0.311 e. The zero-order chi connectivity index (χ0) is 22.9. The molecule has 31 heavy (non-hydrogen) atoms. The number of aromatic amines is 1. The topological polar surface area (TPSA) is 186 Å². The second-order valence-electron chi connectivity index (χ2n) is 8.17. The summed E-state index contributed by atoms with van der Waals surface area (Å²) in [6.45, 7) is 4.45.